The molecule has 0 heterocycles. The van der Waals surface area contributed by atoms with Crippen molar-refractivity contribution in [2.24, 2.45) is 0 Å². The van der Waals surface area contributed by atoms with E-state index in [1.165, 1.54) is 16.7 Å². The van der Waals surface area contributed by atoms with E-state index >= 15 is 0 Å². The lowest BCUT2D eigenvalue weighted by atomic mass is 10.5. The molecule has 0 saturated carbocycles. The number of thioether (sulfide) groups is 1. The van der Waals surface area contributed by atoms with Crippen LogP contribution in [0.5, 0.6) is 0 Å². The van der Waals surface area contributed by atoms with Gasteiger partial charge in [0.2, 0.25) is 0 Å². The van der Waals surface area contributed by atoms with Gasteiger partial charge in [0.15, 0.2) is 11.4 Å². The topological polar surface area (TPSA) is 50.9 Å². The van der Waals surface area contributed by atoms with Gasteiger partial charge in [0.1, 0.15) is 0 Å². The Morgan fingerprint density at radius 3 is 2.70 bits per heavy atom. The molecule has 0 amide bonds. The highest BCUT2D eigenvalue weighted by molar-refractivity contribution is 8.13. The lowest BCUT2D eigenvalue weighted by Crippen LogP contribution is -2.22. The van der Waals surface area contributed by atoms with Crippen LogP contribution in [0.2, 0.25) is 0 Å². The Labute approximate surface area is 65.5 Å². The zero-order valence-electron chi connectivity index (χ0n) is 6.22. The molecule has 0 aromatic rings. The summed E-state index contributed by atoms with van der Waals surface area (Å²) >= 11 is 1.28. The lowest BCUT2D eigenvalue weighted by Gasteiger charge is -2.11. The van der Waals surface area contributed by atoms with Crippen molar-refractivity contribution >= 4 is 16.9 Å². The summed E-state index contributed by atoms with van der Waals surface area (Å²) in [6, 6.07) is 0. The van der Waals surface area contributed by atoms with Gasteiger partial charge in [-0.25, -0.2) is 0 Å². The third-order valence-corrected chi connectivity index (χ3v) is 1.61. The molecule has 0 atom stereocenters. The second kappa shape index (κ2) is 5.12. The van der Waals surface area contributed by atoms with Crippen LogP contribution < -0.4 is 0 Å². The molecule has 0 aromatic carbocycles. The van der Waals surface area contributed by atoms with Gasteiger partial charge in [-0.2, -0.15) is 5.26 Å². The zero-order valence-corrected chi connectivity index (χ0v) is 7.03. The molecule has 0 fully saturated rings. The van der Waals surface area contributed by atoms with Gasteiger partial charge < -0.3 is 0 Å². The predicted octanol–water partition coefficient (Wildman–Crippen LogP) is 1.48. The maximum Gasteiger partial charge on any atom is 0.185 e. The molecule has 1 N–H and O–H groups in total. The minimum atomic E-state index is 0.323. The van der Waals surface area contributed by atoms with E-state index in [1.54, 1.807) is 6.26 Å². The van der Waals surface area contributed by atoms with E-state index in [0.717, 1.165) is 6.42 Å². The van der Waals surface area contributed by atoms with Gasteiger partial charge in [-0.3, -0.25) is 10.3 Å². The summed E-state index contributed by atoms with van der Waals surface area (Å²) in [6.45, 7) is 2.63. The van der Waals surface area contributed by atoms with Crippen LogP contribution in [0, 0.1) is 16.9 Å². The lowest BCUT2D eigenvalue weighted by molar-refractivity contribution is 0.572. The van der Waals surface area contributed by atoms with Crippen molar-refractivity contribution in [3.63, 3.8) is 0 Å². The van der Waals surface area contributed by atoms with Crippen LogP contribution in [0.25, 0.3) is 0 Å². The van der Waals surface area contributed by atoms with E-state index < -0.39 is 0 Å². The standard InChI is InChI=1S/C6H11N3S/c1-3-4-9(5-7)6(8)10-2/h8H,3-4H2,1-2H3. The van der Waals surface area contributed by atoms with E-state index in [9.17, 15) is 0 Å². The Kier molecular flexibility index (Phi) is 4.77. The Morgan fingerprint density at radius 1 is 1.80 bits per heavy atom. The van der Waals surface area contributed by atoms with Crippen LogP contribution in [0.1, 0.15) is 13.3 Å². The minimum absolute atomic E-state index is 0.323. The molecule has 0 spiro atoms. The van der Waals surface area contributed by atoms with E-state index in [1.807, 2.05) is 13.1 Å². The van der Waals surface area contributed by atoms with Crippen molar-refractivity contribution in [1.29, 1.82) is 10.7 Å². The van der Waals surface area contributed by atoms with Gasteiger partial charge in [-0.05, 0) is 12.7 Å². The molecule has 0 aromatic heterocycles. The summed E-state index contributed by atoms with van der Waals surface area (Å²) in [7, 11) is 0. The van der Waals surface area contributed by atoms with Gasteiger partial charge in [0.25, 0.3) is 0 Å². The summed E-state index contributed by atoms with van der Waals surface area (Å²) < 4.78 is 0. The van der Waals surface area contributed by atoms with E-state index in [2.05, 4.69) is 0 Å². The summed E-state index contributed by atoms with van der Waals surface area (Å²) in [4.78, 5) is 1.38. The van der Waals surface area contributed by atoms with Crippen molar-refractivity contribution in [2.75, 3.05) is 12.8 Å². The Hall–Kier alpha value is -0.690. The molecule has 0 bridgehead atoms. The number of hydrogen-bond acceptors (Lipinski definition) is 3. The molecule has 0 unspecified atom stereocenters. The van der Waals surface area contributed by atoms with Crippen molar-refractivity contribution in [1.82, 2.24) is 4.90 Å². The van der Waals surface area contributed by atoms with Gasteiger partial charge in [-0.15, -0.1) is 0 Å². The van der Waals surface area contributed by atoms with Crippen LogP contribution in [-0.4, -0.2) is 22.9 Å². The van der Waals surface area contributed by atoms with Crippen LogP contribution in [0.4, 0.5) is 0 Å². The number of nitriles is 1. The molecule has 4 heteroatoms. The molecule has 56 valence electrons. The summed E-state index contributed by atoms with van der Waals surface area (Å²) in [5, 5.41) is 16.1. The highest BCUT2D eigenvalue weighted by Gasteiger charge is 2.04. The van der Waals surface area contributed by atoms with Crippen LogP contribution >= 0.6 is 11.8 Å². The minimum Gasteiger partial charge on any atom is -0.278 e. The number of amidine groups is 1. The van der Waals surface area contributed by atoms with E-state index in [0.29, 0.717) is 11.7 Å². The second-order valence-electron chi connectivity index (χ2n) is 1.76. The fraction of sp³-hybridized carbons (Fsp3) is 0.667. The Bertz CT molecular complexity index is 150. The first-order valence-electron chi connectivity index (χ1n) is 3.06. The Morgan fingerprint density at radius 2 is 2.40 bits per heavy atom. The van der Waals surface area contributed by atoms with Gasteiger partial charge in [0, 0.05) is 6.54 Å². The van der Waals surface area contributed by atoms with E-state index in [-0.39, 0.29) is 0 Å². The second-order valence-corrected chi connectivity index (χ2v) is 2.56. The molecule has 3 nitrogen and oxygen atoms in total. The Balaban J connectivity index is 3.84. The third-order valence-electron chi connectivity index (χ3n) is 1.01. The van der Waals surface area contributed by atoms with Crippen molar-refractivity contribution < 1.29 is 0 Å². The van der Waals surface area contributed by atoms with E-state index in [4.69, 9.17) is 10.7 Å². The molecule has 0 rings (SSSR count). The molecule has 10 heavy (non-hydrogen) atoms. The van der Waals surface area contributed by atoms with Crippen molar-refractivity contribution in [3.05, 3.63) is 0 Å². The molecule has 0 radical (unpaired) electrons. The number of rotatable bonds is 2. The molecular formula is C6H11N3S. The summed E-state index contributed by atoms with van der Waals surface area (Å²) in [5.41, 5.74) is 0. The molecule has 0 aliphatic heterocycles. The third kappa shape index (κ3) is 2.74. The number of nitrogens with one attached hydrogen (secondary N) is 1. The van der Waals surface area contributed by atoms with Gasteiger partial charge in [-0.1, -0.05) is 18.7 Å². The monoisotopic (exact) mass is 157 g/mol. The molecule has 0 aliphatic rings. The van der Waals surface area contributed by atoms with Crippen LogP contribution in [0.3, 0.4) is 0 Å². The zero-order chi connectivity index (χ0) is 7.98. The fourth-order valence-corrected chi connectivity index (χ4v) is 0.883. The first-order chi connectivity index (χ1) is 4.76. The number of hydrogen-bond donors (Lipinski definition) is 1. The smallest absolute Gasteiger partial charge is 0.185 e. The maximum atomic E-state index is 8.48. The normalized spacial score (nSPS) is 8.50. The van der Waals surface area contributed by atoms with Crippen molar-refractivity contribution in [2.45, 2.75) is 13.3 Å². The SMILES string of the molecule is CCCN(C#N)C(=N)SC. The molecule has 0 saturated heterocycles. The maximum absolute atomic E-state index is 8.48. The van der Waals surface area contributed by atoms with Crippen LogP contribution in [-0.2, 0) is 0 Å². The average Bonchev–Trinajstić information content (AvgIpc) is 1.99. The van der Waals surface area contributed by atoms with Crippen LogP contribution in [0.15, 0.2) is 0 Å². The first kappa shape index (κ1) is 9.31. The summed E-state index contributed by atoms with van der Waals surface area (Å²) in [6.07, 6.45) is 4.63. The number of nitrogens with zero attached hydrogens (tertiary/aromatic N) is 2. The molecule has 0 aliphatic carbocycles. The quantitative estimate of drug-likeness (QED) is 0.286. The average molecular weight is 157 g/mol. The molecular weight excluding hydrogens is 146 g/mol. The van der Waals surface area contributed by atoms with Gasteiger partial charge >= 0.3 is 0 Å². The predicted molar refractivity (Wildman–Crippen MR) is 43.9 cm³/mol. The highest BCUT2D eigenvalue weighted by atomic mass is 32.2. The highest BCUT2D eigenvalue weighted by Crippen LogP contribution is 2.01. The largest absolute Gasteiger partial charge is 0.278 e. The first-order valence-corrected chi connectivity index (χ1v) is 4.28. The van der Waals surface area contributed by atoms with Gasteiger partial charge in [0.05, 0.1) is 0 Å². The van der Waals surface area contributed by atoms with Crippen molar-refractivity contribution in [3.8, 4) is 6.19 Å². The fourth-order valence-electron chi connectivity index (χ4n) is 0.531. The summed E-state index contributed by atoms with van der Waals surface area (Å²) in [5.74, 6) is 0.